The Hall–Kier alpha value is -4.04. The maximum Gasteiger partial charge on any atom is 0.337 e. The van der Waals surface area contributed by atoms with Crippen molar-refractivity contribution in [1.29, 1.82) is 5.26 Å². The molecule has 0 aliphatic rings. The Morgan fingerprint density at radius 2 is 1.50 bits per heavy atom. The number of carbonyl (C=O) groups is 1. The molecule has 0 aliphatic heterocycles. The standard InChI is InChI=1S/C23H15N3O2/c1-28-23(27)18-11-12-19-20(13-18)26-22(17-9-7-15(14-24)8-10-17)21(25-19)16-5-3-2-4-6-16/h2-13H,1H3. The highest BCUT2D eigenvalue weighted by Gasteiger charge is 2.15. The molecule has 1 aromatic heterocycles. The molecule has 0 unspecified atom stereocenters. The van der Waals surface area contributed by atoms with Crippen molar-refractivity contribution in [3.05, 3.63) is 83.9 Å². The van der Waals surface area contributed by atoms with Gasteiger partial charge in [-0.25, -0.2) is 14.8 Å². The van der Waals surface area contributed by atoms with Crippen LogP contribution in [0.15, 0.2) is 72.8 Å². The third kappa shape index (κ3) is 3.19. The fraction of sp³-hybridized carbons (Fsp3) is 0.0435. The average molecular weight is 365 g/mol. The number of benzene rings is 3. The second kappa shape index (κ2) is 7.29. The lowest BCUT2D eigenvalue weighted by atomic mass is 10.0. The molecule has 5 nitrogen and oxygen atoms in total. The second-order valence-electron chi connectivity index (χ2n) is 6.17. The SMILES string of the molecule is COC(=O)c1ccc2nc(-c3ccccc3)c(-c3ccc(C#N)cc3)nc2c1. The first-order valence-electron chi connectivity index (χ1n) is 8.65. The first-order chi connectivity index (χ1) is 13.7. The molecule has 1 heterocycles. The van der Waals surface area contributed by atoms with Gasteiger partial charge in [0.15, 0.2) is 0 Å². The van der Waals surface area contributed by atoms with E-state index in [9.17, 15) is 4.79 Å². The highest BCUT2D eigenvalue weighted by Crippen LogP contribution is 2.31. The second-order valence-corrected chi connectivity index (χ2v) is 6.17. The molecule has 0 aliphatic carbocycles. The number of nitriles is 1. The van der Waals surface area contributed by atoms with Gasteiger partial charge in [-0.05, 0) is 30.3 Å². The number of nitrogens with zero attached hydrogens (tertiary/aromatic N) is 3. The fourth-order valence-electron chi connectivity index (χ4n) is 3.00. The van der Waals surface area contributed by atoms with Crippen molar-refractivity contribution in [3.63, 3.8) is 0 Å². The highest BCUT2D eigenvalue weighted by molar-refractivity contribution is 5.95. The van der Waals surface area contributed by atoms with Gasteiger partial charge in [0, 0.05) is 11.1 Å². The number of methoxy groups -OCH3 is 1. The zero-order chi connectivity index (χ0) is 19.5. The van der Waals surface area contributed by atoms with Crippen LogP contribution in [0.5, 0.6) is 0 Å². The summed E-state index contributed by atoms with van der Waals surface area (Å²) in [6, 6.07) is 24.2. The molecule has 0 bridgehead atoms. The van der Waals surface area contributed by atoms with Crippen molar-refractivity contribution in [3.8, 4) is 28.6 Å². The van der Waals surface area contributed by atoms with Crippen LogP contribution in [0.1, 0.15) is 15.9 Å². The molecule has 134 valence electrons. The van der Waals surface area contributed by atoms with Gasteiger partial charge in [0.1, 0.15) is 0 Å². The Morgan fingerprint density at radius 3 is 2.14 bits per heavy atom. The van der Waals surface area contributed by atoms with Crippen molar-refractivity contribution >= 4 is 17.0 Å². The van der Waals surface area contributed by atoms with Gasteiger partial charge in [-0.2, -0.15) is 5.26 Å². The van der Waals surface area contributed by atoms with Gasteiger partial charge in [-0.15, -0.1) is 0 Å². The normalized spacial score (nSPS) is 10.4. The van der Waals surface area contributed by atoms with E-state index in [-0.39, 0.29) is 0 Å². The molecular formula is C23H15N3O2. The Bertz CT molecular complexity index is 1210. The number of hydrogen-bond donors (Lipinski definition) is 0. The molecule has 0 fully saturated rings. The predicted molar refractivity (Wildman–Crippen MR) is 106 cm³/mol. The van der Waals surface area contributed by atoms with Crippen LogP contribution in [0.2, 0.25) is 0 Å². The summed E-state index contributed by atoms with van der Waals surface area (Å²) in [6.45, 7) is 0. The molecule has 5 heteroatoms. The molecule has 0 atom stereocenters. The van der Waals surface area contributed by atoms with E-state index in [0.717, 1.165) is 16.8 Å². The van der Waals surface area contributed by atoms with E-state index in [1.54, 1.807) is 30.3 Å². The van der Waals surface area contributed by atoms with Crippen molar-refractivity contribution in [2.75, 3.05) is 7.11 Å². The molecular weight excluding hydrogens is 350 g/mol. The van der Waals surface area contributed by atoms with Crippen molar-refractivity contribution in [2.24, 2.45) is 0 Å². The number of aromatic nitrogens is 2. The lowest BCUT2D eigenvalue weighted by molar-refractivity contribution is 0.0601. The average Bonchev–Trinajstić information content (AvgIpc) is 2.78. The topological polar surface area (TPSA) is 75.9 Å². The molecule has 28 heavy (non-hydrogen) atoms. The molecule has 4 aromatic rings. The summed E-state index contributed by atoms with van der Waals surface area (Å²) in [5.74, 6) is -0.421. The quantitative estimate of drug-likeness (QED) is 0.495. The molecule has 3 aromatic carbocycles. The fourth-order valence-corrected chi connectivity index (χ4v) is 3.00. The largest absolute Gasteiger partial charge is 0.465 e. The molecule has 0 spiro atoms. The Kier molecular flexibility index (Phi) is 4.53. The third-order valence-electron chi connectivity index (χ3n) is 4.42. The van der Waals surface area contributed by atoms with E-state index in [0.29, 0.717) is 27.9 Å². The summed E-state index contributed by atoms with van der Waals surface area (Å²) in [6.07, 6.45) is 0. The van der Waals surface area contributed by atoms with E-state index in [1.807, 2.05) is 42.5 Å². The van der Waals surface area contributed by atoms with Crippen LogP contribution in [0.25, 0.3) is 33.5 Å². The van der Waals surface area contributed by atoms with Crippen LogP contribution in [0.4, 0.5) is 0 Å². The zero-order valence-electron chi connectivity index (χ0n) is 15.1. The number of fused-ring (bicyclic) bond motifs is 1. The van der Waals surface area contributed by atoms with E-state index in [4.69, 9.17) is 20.0 Å². The van der Waals surface area contributed by atoms with Crippen molar-refractivity contribution < 1.29 is 9.53 Å². The number of ether oxygens (including phenoxy) is 1. The minimum absolute atomic E-state index is 0.419. The van der Waals surface area contributed by atoms with E-state index in [2.05, 4.69) is 6.07 Å². The van der Waals surface area contributed by atoms with Gasteiger partial charge in [0.25, 0.3) is 0 Å². The highest BCUT2D eigenvalue weighted by atomic mass is 16.5. The Morgan fingerprint density at radius 1 is 0.857 bits per heavy atom. The van der Waals surface area contributed by atoms with Crippen LogP contribution in [-0.4, -0.2) is 23.0 Å². The molecule has 0 saturated carbocycles. The minimum atomic E-state index is -0.421. The summed E-state index contributed by atoms with van der Waals surface area (Å²) < 4.78 is 4.80. The van der Waals surface area contributed by atoms with E-state index < -0.39 is 5.97 Å². The third-order valence-corrected chi connectivity index (χ3v) is 4.42. The van der Waals surface area contributed by atoms with Gasteiger partial charge in [-0.1, -0.05) is 42.5 Å². The zero-order valence-corrected chi connectivity index (χ0v) is 15.1. The first kappa shape index (κ1) is 17.4. The molecule has 0 radical (unpaired) electrons. The smallest absolute Gasteiger partial charge is 0.337 e. The number of carbonyl (C=O) groups excluding carboxylic acids is 1. The van der Waals surface area contributed by atoms with Crippen molar-refractivity contribution in [1.82, 2.24) is 9.97 Å². The molecule has 0 amide bonds. The lowest BCUT2D eigenvalue weighted by Gasteiger charge is -2.11. The van der Waals surface area contributed by atoms with Crippen molar-refractivity contribution in [2.45, 2.75) is 0 Å². The summed E-state index contributed by atoms with van der Waals surface area (Å²) in [4.78, 5) is 21.5. The van der Waals surface area contributed by atoms with Gasteiger partial charge in [0.05, 0.1) is 46.7 Å². The van der Waals surface area contributed by atoms with Gasteiger partial charge < -0.3 is 4.74 Å². The van der Waals surface area contributed by atoms with Gasteiger partial charge in [-0.3, -0.25) is 0 Å². The van der Waals surface area contributed by atoms with Crippen LogP contribution < -0.4 is 0 Å². The summed E-state index contributed by atoms with van der Waals surface area (Å²) >= 11 is 0. The lowest BCUT2D eigenvalue weighted by Crippen LogP contribution is -2.02. The van der Waals surface area contributed by atoms with Crippen LogP contribution >= 0.6 is 0 Å². The number of hydrogen-bond acceptors (Lipinski definition) is 5. The summed E-state index contributed by atoms with van der Waals surface area (Å²) in [5.41, 5.74) is 5.48. The Labute approximate surface area is 161 Å². The van der Waals surface area contributed by atoms with E-state index >= 15 is 0 Å². The number of esters is 1. The van der Waals surface area contributed by atoms with Crippen LogP contribution in [0, 0.1) is 11.3 Å². The van der Waals surface area contributed by atoms with Crippen LogP contribution in [0.3, 0.4) is 0 Å². The monoisotopic (exact) mass is 365 g/mol. The molecule has 0 saturated heterocycles. The van der Waals surface area contributed by atoms with Crippen LogP contribution in [-0.2, 0) is 4.74 Å². The van der Waals surface area contributed by atoms with E-state index in [1.165, 1.54) is 7.11 Å². The number of rotatable bonds is 3. The Balaban J connectivity index is 1.97. The predicted octanol–water partition coefficient (Wildman–Crippen LogP) is 4.62. The minimum Gasteiger partial charge on any atom is -0.465 e. The summed E-state index contributed by atoms with van der Waals surface area (Å²) in [7, 11) is 1.35. The maximum absolute atomic E-state index is 11.9. The first-order valence-corrected chi connectivity index (χ1v) is 8.65. The van der Waals surface area contributed by atoms with Gasteiger partial charge >= 0.3 is 5.97 Å². The molecule has 0 N–H and O–H groups in total. The molecule has 4 rings (SSSR count). The van der Waals surface area contributed by atoms with Gasteiger partial charge in [0.2, 0.25) is 0 Å². The summed E-state index contributed by atoms with van der Waals surface area (Å²) in [5, 5.41) is 9.06. The maximum atomic E-state index is 11.9.